The molecule has 4 rings (SSSR count). The Morgan fingerprint density at radius 2 is 1.65 bits per heavy atom. The first-order valence-electron chi connectivity index (χ1n) is 19.6. The normalized spacial score (nSPS) is 20.6. The van der Waals surface area contributed by atoms with Gasteiger partial charge in [-0.05, 0) is 24.1 Å². The predicted octanol–water partition coefficient (Wildman–Crippen LogP) is 0.519. The Kier molecular flexibility index (Phi) is 20.8. The molecule has 2 aromatic heterocycles. The number of amides is 2. The van der Waals surface area contributed by atoms with Crippen LogP contribution in [0, 0.1) is 5.41 Å². The molecule has 1 aromatic carbocycles. The largest absolute Gasteiger partial charge is 0.481 e. The van der Waals surface area contributed by atoms with Crippen molar-refractivity contribution in [3.8, 4) is 0 Å². The molecule has 0 saturated carbocycles. The van der Waals surface area contributed by atoms with Gasteiger partial charge >= 0.3 is 23.5 Å². The third-order valence-corrected chi connectivity index (χ3v) is 13.9. The summed E-state index contributed by atoms with van der Waals surface area (Å²) in [4.78, 5) is 90.8. The van der Waals surface area contributed by atoms with E-state index in [9.17, 15) is 57.9 Å². The lowest BCUT2D eigenvalue weighted by atomic mass is 9.87. The third-order valence-electron chi connectivity index (χ3n) is 9.51. The topological polar surface area (TPSA) is 393 Å². The number of hydrogen-bond donors (Lipinski definition) is 10. The highest BCUT2D eigenvalue weighted by Crippen LogP contribution is 2.61. The van der Waals surface area contributed by atoms with Crippen LogP contribution >= 0.6 is 58.4 Å². The number of thioether (sulfide) groups is 1. The summed E-state index contributed by atoms with van der Waals surface area (Å²) in [6.45, 7) is 1.58. The van der Waals surface area contributed by atoms with Crippen molar-refractivity contribution in [2.24, 2.45) is 11.1 Å². The first kappa shape index (κ1) is 55.7. The molecule has 0 bridgehead atoms. The lowest BCUT2D eigenvalue weighted by molar-refractivity contribution is -0.137. The molecule has 0 aliphatic carbocycles. The molecule has 1 aliphatic heterocycles. The number of anilines is 2. The molecule has 3 aromatic rings. The first-order valence-corrected chi connectivity index (χ1v) is 26.2. The summed E-state index contributed by atoms with van der Waals surface area (Å²) >= 11 is 12.7. The average molecular weight is 1050 g/mol. The maximum atomic E-state index is 12.7. The highest BCUT2D eigenvalue weighted by atomic mass is 35.5. The Morgan fingerprint density at radius 3 is 2.29 bits per heavy atom. The number of nitrogens with one attached hydrogen (secondary N) is 2. The van der Waals surface area contributed by atoms with Gasteiger partial charge in [0.25, 0.3) is 0 Å². The molecule has 1 saturated heterocycles. The highest BCUT2D eigenvalue weighted by Gasteiger charge is 2.50. The van der Waals surface area contributed by atoms with Crippen LogP contribution in [0.5, 0.6) is 0 Å². The maximum absolute atomic E-state index is 12.7. The van der Waals surface area contributed by atoms with Gasteiger partial charge in [-0.3, -0.25) is 32.5 Å². The minimum atomic E-state index is -5.60. The highest BCUT2D eigenvalue weighted by molar-refractivity contribution is 8.13. The molecule has 8 atom stereocenters. The quantitative estimate of drug-likeness (QED) is 0.0283. The number of halogens is 2. The second-order valence-corrected chi connectivity index (χ2v) is 21.2. The number of nitrogens with two attached hydrogens (primary N) is 2. The van der Waals surface area contributed by atoms with E-state index in [4.69, 9.17) is 48.5 Å². The van der Waals surface area contributed by atoms with Crippen molar-refractivity contribution >= 4 is 98.0 Å². The molecule has 1 fully saturated rings. The second-order valence-electron chi connectivity index (χ2n) is 15.1. The standard InChI is InChI=1S/C34H52Cl2N9O17P3S/c1-34(2,28(48)31(49)40-10-7-24(46)39-11-14-66-33(50)22(37)15-20-3-5-21(6-4-20)44(12-8-35)13-9-36)17-59-65(56,57)62-64(54,55)58-16-23-27(61-63(51,52)53)26(47)32(60-23)45-19-43-25-29(38)41-18-42-30(25)45/h3-6,18-19,22-23,26-28,32,47-48H,7-17,37H2,1-2H3,(H,39,46)(H,40,49)(H,54,55)(H,56,57)(H2,38,41,42)(H2,51,52,53). The van der Waals surface area contributed by atoms with Crippen molar-refractivity contribution < 1.29 is 80.5 Å². The fourth-order valence-corrected chi connectivity index (χ4v) is 10.1. The average Bonchev–Trinajstić information content (AvgIpc) is 3.80. The number of phosphoric acid groups is 3. The number of benzene rings is 1. The van der Waals surface area contributed by atoms with Crippen LogP contribution in [0.25, 0.3) is 11.2 Å². The number of nitrogens with zero attached hydrogens (tertiary/aromatic N) is 5. The molecule has 370 valence electrons. The number of aliphatic hydroxyl groups is 2. The van der Waals surface area contributed by atoms with E-state index in [1.807, 2.05) is 29.2 Å². The number of phosphoric ester groups is 3. The summed E-state index contributed by atoms with van der Waals surface area (Å²) in [5.74, 6) is -0.419. The summed E-state index contributed by atoms with van der Waals surface area (Å²) in [5, 5.41) is 26.2. The molecule has 26 nitrogen and oxygen atoms in total. The number of rotatable bonds is 27. The molecular weight excluding hydrogens is 1000 g/mol. The Labute approximate surface area is 391 Å². The van der Waals surface area contributed by atoms with Crippen LogP contribution in [0.15, 0.2) is 36.9 Å². The molecule has 2 amide bonds. The van der Waals surface area contributed by atoms with Gasteiger partial charge in [-0.1, -0.05) is 37.7 Å². The van der Waals surface area contributed by atoms with Gasteiger partial charge in [0, 0.05) is 61.2 Å². The van der Waals surface area contributed by atoms with Crippen molar-refractivity contribution in [3.63, 3.8) is 0 Å². The number of imidazole rings is 1. The Balaban J connectivity index is 1.17. The molecular formula is C34H52Cl2N9O17P3S. The van der Waals surface area contributed by atoms with Crippen LogP contribution in [0.2, 0.25) is 0 Å². The molecule has 8 unspecified atom stereocenters. The summed E-state index contributed by atoms with van der Waals surface area (Å²) in [6.07, 6.45) is -6.74. The lowest BCUT2D eigenvalue weighted by Crippen LogP contribution is -2.46. The van der Waals surface area contributed by atoms with E-state index < -0.39 is 90.6 Å². The van der Waals surface area contributed by atoms with Crippen molar-refractivity contribution in [1.82, 2.24) is 30.2 Å². The van der Waals surface area contributed by atoms with E-state index in [0.717, 1.165) is 40.2 Å². The summed E-state index contributed by atoms with van der Waals surface area (Å²) in [5.41, 5.74) is 12.1. The van der Waals surface area contributed by atoms with Crippen molar-refractivity contribution in [3.05, 3.63) is 42.5 Å². The first-order chi connectivity index (χ1) is 30.9. The SMILES string of the molecule is CC(C)(COP(=O)(O)OP(=O)(O)OCC1OC(n2cnc3c(N)ncnc32)C(O)C1OP(=O)(O)O)C(O)C(=O)NCCC(=O)NCCSC(=O)C(N)Cc1ccc(N(CCCl)CCCl)cc1. The summed E-state index contributed by atoms with van der Waals surface area (Å²) in [6, 6.07) is 6.79. The van der Waals surface area contributed by atoms with Gasteiger partial charge in [-0.15, -0.1) is 23.2 Å². The van der Waals surface area contributed by atoms with Crippen LogP contribution in [-0.4, -0.2) is 154 Å². The van der Waals surface area contributed by atoms with Gasteiger partial charge in [0.2, 0.25) is 16.9 Å². The van der Waals surface area contributed by atoms with E-state index in [-0.39, 0.29) is 47.4 Å². The van der Waals surface area contributed by atoms with Gasteiger partial charge in [-0.2, -0.15) is 4.31 Å². The molecule has 1 aliphatic rings. The number of aromatic nitrogens is 4. The van der Waals surface area contributed by atoms with E-state index in [1.54, 1.807) is 0 Å². The lowest BCUT2D eigenvalue weighted by Gasteiger charge is -2.30. The number of carbonyl (C=O) groups is 3. The van der Waals surface area contributed by atoms with Gasteiger partial charge < -0.3 is 61.5 Å². The van der Waals surface area contributed by atoms with Crippen molar-refractivity contribution in [2.75, 3.05) is 67.5 Å². The fourth-order valence-electron chi connectivity index (χ4n) is 6.14. The number of ether oxygens (including phenoxy) is 1. The number of hydrogen-bond acceptors (Lipinski definition) is 20. The van der Waals surface area contributed by atoms with E-state index in [2.05, 4.69) is 34.4 Å². The zero-order valence-corrected chi connectivity index (χ0v) is 40.3. The molecule has 3 heterocycles. The summed E-state index contributed by atoms with van der Waals surface area (Å²) < 4.78 is 62.4. The van der Waals surface area contributed by atoms with Gasteiger partial charge in [0.15, 0.2) is 17.7 Å². The van der Waals surface area contributed by atoms with Crippen LogP contribution < -0.4 is 27.0 Å². The van der Waals surface area contributed by atoms with Crippen LogP contribution in [0.3, 0.4) is 0 Å². The van der Waals surface area contributed by atoms with Gasteiger partial charge in [0.05, 0.1) is 25.6 Å². The van der Waals surface area contributed by atoms with Crippen molar-refractivity contribution in [2.45, 2.75) is 63.4 Å². The fraction of sp³-hybridized carbons (Fsp3) is 0.588. The number of aliphatic hydroxyl groups excluding tert-OH is 2. The molecule has 12 N–H and O–H groups in total. The Hall–Kier alpha value is -2.88. The zero-order chi connectivity index (χ0) is 49.0. The zero-order valence-electron chi connectivity index (χ0n) is 35.3. The number of alkyl halides is 2. The van der Waals surface area contributed by atoms with Crippen LogP contribution in [-0.2, 0) is 57.1 Å². The minimum Gasteiger partial charge on any atom is -0.386 e. The number of fused-ring (bicyclic) bond motifs is 1. The number of nitrogen functional groups attached to an aromatic ring is 1. The van der Waals surface area contributed by atoms with E-state index in [1.165, 1.54) is 13.8 Å². The van der Waals surface area contributed by atoms with Gasteiger partial charge in [0.1, 0.15) is 36.3 Å². The predicted molar refractivity (Wildman–Crippen MR) is 239 cm³/mol. The van der Waals surface area contributed by atoms with E-state index in [0.29, 0.717) is 31.3 Å². The van der Waals surface area contributed by atoms with E-state index >= 15 is 0 Å². The van der Waals surface area contributed by atoms with Gasteiger partial charge in [-0.25, -0.2) is 28.6 Å². The third kappa shape index (κ3) is 16.7. The minimum absolute atomic E-state index is 0.0233. The Bertz CT molecular complexity index is 2260. The van der Waals surface area contributed by atoms with Crippen LogP contribution in [0.4, 0.5) is 11.5 Å². The van der Waals surface area contributed by atoms with Crippen LogP contribution in [0.1, 0.15) is 32.1 Å². The molecule has 0 spiro atoms. The monoisotopic (exact) mass is 1050 g/mol. The second kappa shape index (κ2) is 24.6. The number of carbonyl (C=O) groups excluding carboxylic acids is 3. The maximum Gasteiger partial charge on any atom is 0.481 e. The molecule has 0 radical (unpaired) electrons. The smallest absolute Gasteiger partial charge is 0.386 e. The molecule has 32 heteroatoms. The van der Waals surface area contributed by atoms with Crippen molar-refractivity contribution in [1.29, 1.82) is 0 Å². The summed E-state index contributed by atoms with van der Waals surface area (Å²) in [7, 11) is -16.5. The Morgan fingerprint density at radius 1 is 1.00 bits per heavy atom. The molecule has 66 heavy (non-hydrogen) atoms.